The number of aromatic nitrogens is 4. The summed E-state index contributed by atoms with van der Waals surface area (Å²) in [6, 6.07) is 7.47. The summed E-state index contributed by atoms with van der Waals surface area (Å²) in [4.78, 5) is 21.5. The van der Waals surface area contributed by atoms with Crippen LogP contribution in [0.1, 0.15) is 41.9 Å². The van der Waals surface area contributed by atoms with Gasteiger partial charge in [-0.2, -0.15) is 0 Å². The first kappa shape index (κ1) is 17.7. The number of hydrogen-bond acceptors (Lipinski definition) is 5. The average molecular weight is 382 g/mol. The Hall–Kier alpha value is -2.73. The van der Waals surface area contributed by atoms with Crippen molar-refractivity contribution in [2.75, 3.05) is 5.32 Å². The SMILES string of the molecule is Cc1ccc(Nc2nn(-c3ncccn3)c3c2C(=O)CC(C)(C)C3)c(Cl)c1. The van der Waals surface area contributed by atoms with E-state index in [1.807, 2.05) is 25.1 Å². The van der Waals surface area contributed by atoms with Crippen molar-refractivity contribution in [1.82, 2.24) is 19.7 Å². The molecule has 1 aliphatic carbocycles. The fourth-order valence-corrected chi connectivity index (χ4v) is 3.73. The van der Waals surface area contributed by atoms with Crippen LogP contribution in [0.3, 0.4) is 0 Å². The molecule has 0 atom stereocenters. The molecule has 6 nitrogen and oxygen atoms in total. The molecule has 0 saturated carbocycles. The van der Waals surface area contributed by atoms with Crippen LogP contribution in [-0.4, -0.2) is 25.5 Å². The van der Waals surface area contributed by atoms with Crippen LogP contribution in [0.5, 0.6) is 0 Å². The third-order valence-corrected chi connectivity index (χ3v) is 4.98. The van der Waals surface area contributed by atoms with Crippen molar-refractivity contribution in [2.24, 2.45) is 5.41 Å². The van der Waals surface area contributed by atoms with Gasteiger partial charge in [-0.15, -0.1) is 5.10 Å². The first-order valence-electron chi connectivity index (χ1n) is 8.80. The van der Waals surface area contributed by atoms with Gasteiger partial charge in [0.05, 0.1) is 22.0 Å². The second-order valence-corrected chi connectivity index (χ2v) is 8.09. The van der Waals surface area contributed by atoms with E-state index in [0.29, 0.717) is 40.9 Å². The van der Waals surface area contributed by atoms with E-state index in [2.05, 4.69) is 34.2 Å². The van der Waals surface area contributed by atoms with Gasteiger partial charge in [0, 0.05) is 18.8 Å². The lowest BCUT2D eigenvalue weighted by molar-refractivity contribution is 0.0911. The number of carbonyl (C=O) groups is 1. The van der Waals surface area contributed by atoms with Crippen molar-refractivity contribution in [3.63, 3.8) is 0 Å². The second kappa shape index (κ2) is 6.46. The Balaban J connectivity index is 1.85. The molecule has 138 valence electrons. The molecule has 3 aromatic rings. The first-order valence-corrected chi connectivity index (χ1v) is 9.17. The fourth-order valence-electron chi connectivity index (χ4n) is 3.45. The number of benzene rings is 1. The maximum Gasteiger partial charge on any atom is 0.250 e. The first-order chi connectivity index (χ1) is 12.8. The number of carbonyl (C=O) groups excluding carboxylic acids is 1. The molecule has 1 aliphatic rings. The Bertz CT molecular complexity index is 1030. The Morgan fingerprint density at radius 2 is 1.93 bits per heavy atom. The molecule has 0 unspecified atom stereocenters. The van der Waals surface area contributed by atoms with Gasteiger partial charge in [0.1, 0.15) is 0 Å². The molecule has 0 radical (unpaired) electrons. The minimum Gasteiger partial charge on any atom is -0.337 e. The average Bonchev–Trinajstić information content (AvgIpc) is 2.95. The number of fused-ring (bicyclic) bond motifs is 1. The summed E-state index contributed by atoms with van der Waals surface area (Å²) in [7, 11) is 0. The third-order valence-electron chi connectivity index (χ3n) is 4.66. The largest absolute Gasteiger partial charge is 0.337 e. The molecule has 7 heteroatoms. The Labute approximate surface area is 162 Å². The van der Waals surface area contributed by atoms with E-state index in [9.17, 15) is 4.79 Å². The molecule has 2 aromatic heterocycles. The van der Waals surface area contributed by atoms with Crippen LogP contribution in [0.25, 0.3) is 5.95 Å². The molecule has 27 heavy (non-hydrogen) atoms. The summed E-state index contributed by atoms with van der Waals surface area (Å²) in [5.41, 5.74) is 3.05. The van der Waals surface area contributed by atoms with Crippen molar-refractivity contribution in [3.8, 4) is 5.95 Å². The van der Waals surface area contributed by atoms with Crippen molar-refractivity contribution < 1.29 is 4.79 Å². The van der Waals surface area contributed by atoms with E-state index in [1.165, 1.54) is 0 Å². The number of Topliss-reactive ketones (excluding diaryl/α,β-unsaturated/α-hetero) is 1. The van der Waals surface area contributed by atoms with Crippen LogP contribution >= 0.6 is 11.6 Å². The normalized spacial score (nSPS) is 15.5. The Kier molecular flexibility index (Phi) is 4.23. The molecule has 0 bridgehead atoms. The third kappa shape index (κ3) is 3.32. The molecule has 4 rings (SSSR count). The van der Waals surface area contributed by atoms with Gasteiger partial charge < -0.3 is 5.32 Å². The summed E-state index contributed by atoms with van der Waals surface area (Å²) < 4.78 is 1.67. The van der Waals surface area contributed by atoms with Crippen LogP contribution < -0.4 is 5.32 Å². The standard InChI is InChI=1S/C20H20ClN5O/c1-12-5-6-14(13(21)9-12)24-18-17-15(10-20(2,3)11-16(17)27)26(25-18)19-22-7-4-8-23-19/h4-9H,10-11H2,1-3H3,(H,24,25). The smallest absolute Gasteiger partial charge is 0.250 e. The van der Waals surface area contributed by atoms with Crippen molar-refractivity contribution in [1.29, 1.82) is 0 Å². The zero-order valence-corrected chi connectivity index (χ0v) is 16.2. The van der Waals surface area contributed by atoms with E-state index >= 15 is 0 Å². The van der Waals surface area contributed by atoms with Gasteiger partial charge >= 0.3 is 0 Å². The molecule has 0 spiro atoms. The summed E-state index contributed by atoms with van der Waals surface area (Å²) >= 11 is 6.36. The van der Waals surface area contributed by atoms with E-state index in [1.54, 1.807) is 23.1 Å². The fraction of sp³-hybridized carbons (Fsp3) is 0.300. The van der Waals surface area contributed by atoms with Gasteiger partial charge in [-0.3, -0.25) is 4.79 Å². The highest BCUT2D eigenvalue weighted by molar-refractivity contribution is 6.33. The lowest BCUT2D eigenvalue weighted by Crippen LogP contribution is -2.28. The van der Waals surface area contributed by atoms with Crippen LogP contribution in [-0.2, 0) is 6.42 Å². The number of halogens is 1. The van der Waals surface area contributed by atoms with Crippen molar-refractivity contribution >= 4 is 28.9 Å². The Morgan fingerprint density at radius 3 is 2.63 bits per heavy atom. The molecule has 0 saturated heterocycles. The zero-order chi connectivity index (χ0) is 19.2. The quantitative estimate of drug-likeness (QED) is 0.721. The van der Waals surface area contributed by atoms with Crippen LogP contribution in [0, 0.1) is 12.3 Å². The monoisotopic (exact) mass is 381 g/mol. The summed E-state index contributed by atoms with van der Waals surface area (Å²) in [5.74, 6) is 1.00. The van der Waals surface area contributed by atoms with Crippen LogP contribution in [0.4, 0.5) is 11.5 Å². The molecule has 2 heterocycles. The molecular formula is C20H20ClN5O. The van der Waals surface area contributed by atoms with E-state index in [0.717, 1.165) is 11.3 Å². The number of ketones is 1. The van der Waals surface area contributed by atoms with E-state index < -0.39 is 0 Å². The number of aryl methyl sites for hydroxylation is 1. The predicted octanol–water partition coefficient (Wildman–Crippen LogP) is 4.52. The molecule has 0 amide bonds. The highest BCUT2D eigenvalue weighted by Crippen LogP contribution is 2.39. The van der Waals surface area contributed by atoms with Gasteiger partial charge in [-0.25, -0.2) is 14.6 Å². The second-order valence-electron chi connectivity index (χ2n) is 7.68. The number of rotatable bonds is 3. The predicted molar refractivity (Wildman–Crippen MR) is 105 cm³/mol. The van der Waals surface area contributed by atoms with Gasteiger partial charge in [0.15, 0.2) is 11.6 Å². The van der Waals surface area contributed by atoms with Gasteiger partial charge in [-0.1, -0.05) is 31.5 Å². The lowest BCUT2D eigenvalue weighted by atomic mass is 9.76. The number of nitrogens with one attached hydrogen (secondary N) is 1. The van der Waals surface area contributed by atoms with Crippen LogP contribution in [0.15, 0.2) is 36.7 Å². The molecule has 0 aliphatic heterocycles. The van der Waals surface area contributed by atoms with Gasteiger partial charge in [0.2, 0.25) is 0 Å². The van der Waals surface area contributed by atoms with Gasteiger partial charge in [0.25, 0.3) is 5.95 Å². The highest BCUT2D eigenvalue weighted by atomic mass is 35.5. The topological polar surface area (TPSA) is 72.7 Å². The van der Waals surface area contributed by atoms with E-state index in [4.69, 9.17) is 11.6 Å². The lowest BCUT2D eigenvalue weighted by Gasteiger charge is -2.28. The molecule has 1 aromatic carbocycles. The molecule has 0 fully saturated rings. The van der Waals surface area contributed by atoms with Crippen molar-refractivity contribution in [3.05, 3.63) is 58.5 Å². The summed E-state index contributed by atoms with van der Waals surface area (Å²) in [5, 5.41) is 8.45. The molecule has 1 N–H and O–H groups in total. The summed E-state index contributed by atoms with van der Waals surface area (Å²) in [6.07, 6.45) is 4.51. The summed E-state index contributed by atoms with van der Waals surface area (Å²) in [6.45, 7) is 6.15. The minimum absolute atomic E-state index is 0.0640. The maximum absolute atomic E-state index is 12.9. The van der Waals surface area contributed by atoms with E-state index in [-0.39, 0.29) is 11.2 Å². The zero-order valence-electron chi connectivity index (χ0n) is 15.5. The van der Waals surface area contributed by atoms with Crippen LogP contribution in [0.2, 0.25) is 5.02 Å². The number of hydrogen-bond donors (Lipinski definition) is 1. The minimum atomic E-state index is -0.143. The Morgan fingerprint density at radius 1 is 1.19 bits per heavy atom. The molecular weight excluding hydrogens is 362 g/mol. The maximum atomic E-state index is 12.9. The number of nitrogens with zero attached hydrogens (tertiary/aromatic N) is 4. The van der Waals surface area contributed by atoms with Gasteiger partial charge in [-0.05, 0) is 42.5 Å². The highest BCUT2D eigenvalue weighted by Gasteiger charge is 2.37. The number of anilines is 2. The van der Waals surface area contributed by atoms with Crippen molar-refractivity contribution in [2.45, 2.75) is 33.6 Å².